The van der Waals surface area contributed by atoms with E-state index >= 15 is 0 Å². The third-order valence-electron chi connectivity index (χ3n) is 3.05. The van der Waals surface area contributed by atoms with Gasteiger partial charge in [-0.15, -0.1) is 0 Å². The molecule has 3 unspecified atom stereocenters. The molecule has 1 rings (SSSR count). The van der Waals surface area contributed by atoms with Gasteiger partial charge < -0.3 is 22.2 Å². The number of rotatable bonds is 2. The molecular formula is C9H21BF4N2. The molecule has 0 radical (unpaired) electrons. The standard InChI is InChI=1S/C9H20N2.BF4/c1-5-8-7-10(3)9(6-2)11(8)4;2-1(3,4)5/h8-9H,5-7H2,1-4H3;/q;-1/p+1. The van der Waals surface area contributed by atoms with Gasteiger partial charge in [0.15, 0.2) is 0 Å². The number of likely N-dealkylation sites (N-methyl/N-ethyl adjacent to an activating group) is 2. The third kappa shape index (κ3) is 5.70. The monoisotopic (exact) mass is 244 g/mol. The molecule has 7 heteroatoms. The van der Waals surface area contributed by atoms with Gasteiger partial charge >= 0.3 is 7.25 Å². The highest BCUT2D eigenvalue weighted by Crippen LogP contribution is 2.08. The van der Waals surface area contributed by atoms with Crippen LogP contribution in [-0.4, -0.2) is 45.0 Å². The first-order valence-corrected chi connectivity index (χ1v) is 5.62. The Morgan fingerprint density at radius 1 is 1.19 bits per heavy atom. The number of quaternary nitrogens is 1. The molecule has 0 aromatic rings. The summed E-state index contributed by atoms with van der Waals surface area (Å²) in [7, 11) is -1.43. The van der Waals surface area contributed by atoms with Crippen LogP contribution in [0.3, 0.4) is 0 Å². The number of nitrogens with zero attached hydrogens (tertiary/aromatic N) is 1. The Labute approximate surface area is 94.7 Å². The molecule has 16 heavy (non-hydrogen) atoms. The number of hydrogen-bond donors (Lipinski definition) is 1. The van der Waals surface area contributed by atoms with Crippen molar-refractivity contribution in [3.8, 4) is 0 Å². The molecule has 0 saturated carbocycles. The van der Waals surface area contributed by atoms with Gasteiger partial charge in [-0.3, -0.25) is 0 Å². The summed E-state index contributed by atoms with van der Waals surface area (Å²) in [6.07, 6.45) is 3.34. The minimum absolute atomic E-state index is 0.764. The molecule has 1 fully saturated rings. The highest BCUT2D eigenvalue weighted by atomic mass is 19.5. The van der Waals surface area contributed by atoms with Crippen LogP contribution in [0.25, 0.3) is 0 Å². The Morgan fingerprint density at radius 2 is 1.62 bits per heavy atom. The average molecular weight is 244 g/mol. The van der Waals surface area contributed by atoms with Crippen LogP contribution in [0, 0.1) is 0 Å². The summed E-state index contributed by atoms with van der Waals surface area (Å²) >= 11 is 0. The van der Waals surface area contributed by atoms with E-state index in [1.807, 2.05) is 0 Å². The van der Waals surface area contributed by atoms with Gasteiger partial charge in [-0.2, -0.15) is 0 Å². The normalized spacial score (nSPS) is 31.1. The maximum Gasteiger partial charge on any atom is 0.673 e. The molecule has 2 nitrogen and oxygen atoms in total. The van der Waals surface area contributed by atoms with Crippen molar-refractivity contribution in [3.63, 3.8) is 0 Å². The summed E-state index contributed by atoms with van der Waals surface area (Å²) in [6.45, 7) is 5.89. The van der Waals surface area contributed by atoms with Gasteiger partial charge in [0, 0.05) is 6.42 Å². The summed E-state index contributed by atoms with van der Waals surface area (Å²) < 4.78 is 39.0. The van der Waals surface area contributed by atoms with Crippen LogP contribution >= 0.6 is 0 Å². The van der Waals surface area contributed by atoms with E-state index in [0.717, 1.165) is 12.2 Å². The van der Waals surface area contributed by atoms with Crippen LogP contribution in [0.1, 0.15) is 26.7 Å². The second-order valence-electron chi connectivity index (χ2n) is 4.20. The zero-order valence-electron chi connectivity index (χ0n) is 10.3. The number of halogens is 4. The van der Waals surface area contributed by atoms with Crippen LogP contribution in [0.5, 0.6) is 0 Å². The molecule has 1 N–H and O–H groups in total. The Morgan fingerprint density at radius 3 is 1.81 bits per heavy atom. The fourth-order valence-corrected chi connectivity index (χ4v) is 2.32. The predicted molar refractivity (Wildman–Crippen MR) is 57.9 cm³/mol. The fourth-order valence-electron chi connectivity index (χ4n) is 2.32. The van der Waals surface area contributed by atoms with E-state index in [1.54, 1.807) is 4.90 Å². The van der Waals surface area contributed by atoms with Gasteiger partial charge in [-0.1, -0.05) is 13.8 Å². The van der Waals surface area contributed by atoms with Crippen molar-refractivity contribution < 1.29 is 22.2 Å². The summed E-state index contributed by atoms with van der Waals surface area (Å²) in [5.41, 5.74) is 0. The fraction of sp³-hybridized carbons (Fsp3) is 1.00. The lowest BCUT2D eigenvalue weighted by atomic mass is 10.2. The van der Waals surface area contributed by atoms with Crippen molar-refractivity contribution in [2.24, 2.45) is 0 Å². The highest BCUT2D eigenvalue weighted by molar-refractivity contribution is 6.50. The Kier molecular flexibility index (Phi) is 6.32. The Balaban J connectivity index is 0.000000385. The highest BCUT2D eigenvalue weighted by Gasteiger charge is 2.35. The molecule has 1 saturated heterocycles. The van der Waals surface area contributed by atoms with Crippen molar-refractivity contribution in [2.45, 2.75) is 38.9 Å². The van der Waals surface area contributed by atoms with Crippen molar-refractivity contribution in [1.82, 2.24) is 4.90 Å². The second kappa shape index (κ2) is 6.44. The van der Waals surface area contributed by atoms with Crippen LogP contribution in [0.4, 0.5) is 17.3 Å². The van der Waals surface area contributed by atoms with E-state index in [-0.39, 0.29) is 0 Å². The molecule has 1 aliphatic heterocycles. The summed E-state index contributed by atoms with van der Waals surface area (Å²) in [5.74, 6) is 0. The van der Waals surface area contributed by atoms with Crippen molar-refractivity contribution in [1.29, 1.82) is 0 Å². The molecule has 0 amide bonds. The molecule has 0 aromatic heterocycles. The Bertz CT molecular complexity index is 194. The van der Waals surface area contributed by atoms with E-state index in [1.165, 1.54) is 19.4 Å². The molecular weight excluding hydrogens is 223 g/mol. The molecule has 0 aliphatic carbocycles. The first-order chi connectivity index (χ1) is 7.20. The first-order valence-electron chi connectivity index (χ1n) is 5.62. The topological polar surface area (TPSA) is 7.68 Å². The lowest BCUT2D eigenvalue weighted by Gasteiger charge is -2.21. The van der Waals surface area contributed by atoms with Crippen LogP contribution in [0.15, 0.2) is 0 Å². The van der Waals surface area contributed by atoms with E-state index < -0.39 is 7.25 Å². The van der Waals surface area contributed by atoms with E-state index in [0.29, 0.717) is 0 Å². The third-order valence-corrected chi connectivity index (χ3v) is 3.05. The zero-order valence-corrected chi connectivity index (χ0v) is 10.3. The largest absolute Gasteiger partial charge is 0.673 e. The molecule has 3 atom stereocenters. The maximum absolute atomic E-state index is 9.75. The van der Waals surface area contributed by atoms with E-state index in [9.17, 15) is 17.3 Å². The van der Waals surface area contributed by atoms with Crippen molar-refractivity contribution >= 4 is 7.25 Å². The minimum Gasteiger partial charge on any atom is -0.418 e. The lowest BCUT2D eigenvalue weighted by molar-refractivity contribution is -0.899. The summed E-state index contributed by atoms with van der Waals surface area (Å²) in [4.78, 5) is 4.22. The average Bonchev–Trinajstić information content (AvgIpc) is 2.38. The van der Waals surface area contributed by atoms with E-state index in [2.05, 4.69) is 32.8 Å². The number of hydrogen-bond acceptors (Lipinski definition) is 1. The minimum atomic E-state index is -6.00. The Hall–Kier alpha value is -0.295. The van der Waals surface area contributed by atoms with Gasteiger partial charge in [0.2, 0.25) is 0 Å². The summed E-state index contributed by atoms with van der Waals surface area (Å²) in [5, 5.41) is 0. The van der Waals surface area contributed by atoms with Gasteiger partial charge in [0.1, 0.15) is 6.17 Å². The molecule has 0 aromatic carbocycles. The van der Waals surface area contributed by atoms with Gasteiger partial charge in [-0.05, 0) is 13.5 Å². The molecule has 98 valence electrons. The van der Waals surface area contributed by atoms with Crippen molar-refractivity contribution in [3.05, 3.63) is 0 Å². The predicted octanol–water partition coefficient (Wildman–Crippen LogP) is 1.26. The van der Waals surface area contributed by atoms with Crippen LogP contribution < -0.4 is 4.90 Å². The first kappa shape index (κ1) is 15.7. The quantitative estimate of drug-likeness (QED) is 0.567. The summed E-state index contributed by atoms with van der Waals surface area (Å²) in [6, 6.07) is 0.819. The van der Waals surface area contributed by atoms with Crippen LogP contribution in [-0.2, 0) is 0 Å². The van der Waals surface area contributed by atoms with E-state index in [4.69, 9.17) is 0 Å². The number of nitrogens with one attached hydrogen (secondary N) is 1. The van der Waals surface area contributed by atoms with Gasteiger partial charge in [0.25, 0.3) is 0 Å². The zero-order chi connectivity index (χ0) is 12.9. The van der Waals surface area contributed by atoms with Gasteiger partial charge in [0.05, 0.1) is 19.6 Å². The maximum atomic E-state index is 9.75. The lowest BCUT2D eigenvalue weighted by Crippen LogP contribution is -3.11. The molecule has 1 heterocycles. The van der Waals surface area contributed by atoms with Crippen LogP contribution in [0.2, 0.25) is 0 Å². The smallest absolute Gasteiger partial charge is 0.418 e. The SMILES string of the molecule is CCC1C[NH+](C)C(CC)N1C.F[B-](F)(F)F. The van der Waals surface area contributed by atoms with Gasteiger partial charge in [-0.25, -0.2) is 4.90 Å². The molecule has 1 aliphatic rings. The van der Waals surface area contributed by atoms with Crippen molar-refractivity contribution in [2.75, 3.05) is 20.6 Å². The molecule has 0 bridgehead atoms. The second-order valence-corrected chi connectivity index (χ2v) is 4.20. The molecule has 0 spiro atoms.